The van der Waals surface area contributed by atoms with E-state index in [1.165, 1.54) is 24.0 Å². The maximum atomic E-state index is 5.57. The molecule has 0 aliphatic heterocycles. The van der Waals surface area contributed by atoms with E-state index < -0.39 is 0 Å². The highest BCUT2D eigenvalue weighted by Gasteiger charge is 2.20. The molecular formula is C15H23NO. The van der Waals surface area contributed by atoms with Crippen LogP contribution in [0, 0.1) is 5.92 Å². The summed E-state index contributed by atoms with van der Waals surface area (Å²) in [7, 11) is 0. The molecule has 1 aliphatic rings. The summed E-state index contributed by atoms with van der Waals surface area (Å²) in [6.07, 6.45) is 3.86. The van der Waals surface area contributed by atoms with Crippen molar-refractivity contribution in [1.29, 1.82) is 0 Å². The highest BCUT2D eigenvalue weighted by Crippen LogP contribution is 2.28. The second-order valence-corrected chi connectivity index (χ2v) is 4.87. The second-order valence-electron chi connectivity index (χ2n) is 4.87. The molecular weight excluding hydrogens is 210 g/mol. The molecule has 0 atom stereocenters. The summed E-state index contributed by atoms with van der Waals surface area (Å²) < 4.78 is 5.57. The molecule has 0 radical (unpaired) electrons. The third-order valence-electron chi connectivity index (χ3n) is 3.23. The van der Waals surface area contributed by atoms with Gasteiger partial charge in [-0.3, -0.25) is 0 Å². The summed E-state index contributed by atoms with van der Waals surface area (Å²) in [6.45, 7) is 5.87. The van der Waals surface area contributed by atoms with Crippen molar-refractivity contribution in [1.82, 2.24) is 5.32 Å². The fourth-order valence-corrected chi connectivity index (χ4v) is 1.80. The van der Waals surface area contributed by atoms with Gasteiger partial charge in [-0.1, -0.05) is 31.2 Å². The Bertz CT molecular complexity index is 316. The van der Waals surface area contributed by atoms with Crippen LogP contribution in [0.15, 0.2) is 24.3 Å². The van der Waals surface area contributed by atoms with E-state index in [0.717, 1.165) is 38.6 Å². The Hall–Kier alpha value is -0.860. The first-order chi connectivity index (χ1) is 8.38. The van der Waals surface area contributed by atoms with Crippen LogP contribution < -0.4 is 5.32 Å². The van der Waals surface area contributed by atoms with Gasteiger partial charge in [-0.15, -0.1) is 0 Å². The lowest BCUT2D eigenvalue weighted by Crippen LogP contribution is -2.19. The lowest BCUT2D eigenvalue weighted by atomic mass is 10.1. The van der Waals surface area contributed by atoms with E-state index in [1.807, 2.05) is 0 Å². The van der Waals surface area contributed by atoms with E-state index in [1.54, 1.807) is 0 Å². The van der Waals surface area contributed by atoms with Gasteiger partial charge in [0.05, 0.1) is 6.61 Å². The predicted molar refractivity (Wildman–Crippen MR) is 71.1 cm³/mol. The van der Waals surface area contributed by atoms with Crippen molar-refractivity contribution in [2.75, 3.05) is 19.8 Å². The second kappa shape index (κ2) is 6.77. The number of ether oxygens (including phenoxy) is 1. The summed E-state index contributed by atoms with van der Waals surface area (Å²) in [5.74, 6) is 0.872. The molecule has 1 N–H and O–H groups in total. The van der Waals surface area contributed by atoms with Gasteiger partial charge in [0, 0.05) is 19.7 Å². The van der Waals surface area contributed by atoms with E-state index in [0.29, 0.717) is 0 Å². The van der Waals surface area contributed by atoms with Gasteiger partial charge >= 0.3 is 0 Å². The van der Waals surface area contributed by atoms with Crippen molar-refractivity contribution >= 4 is 0 Å². The van der Waals surface area contributed by atoms with Crippen LogP contribution in [0.5, 0.6) is 0 Å². The van der Waals surface area contributed by atoms with Gasteiger partial charge in [0.15, 0.2) is 0 Å². The monoisotopic (exact) mass is 233 g/mol. The van der Waals surface area contributed by atoms with Crippen LogP contribution >= 0.6 is 0 Å². The van der Waals surface area contributed by atoms with Crippen molar-refractivity contribution in [2.24, 2.45) is 5.92 Å². The van der Waals surface area contributed by atoms with Gasteiger partial charge in [0.1, 0.15) is 0 Å². The first kappa shape index (κ1) is 12.6. The Morgan fingerprint density at radius 2 is 1.88 bits per heavy atom. The third kappa shape index (κ3) is 4.88. The summed E-state index contributed by atoms with van der Waals surface area (Å²) >= 11 is 0. The van der Waals surface area contributed by atoms with E-state index in [9.17, 15) is 0 Å². The van der Waals surface area contributed by atoms with E-state index in [2.05, 4.69) is 36.5 Å². The van der Waals surface area contributed by atoms with Crippen LogP contribution in [0.2, 0.25) is 0 Å². The van der Waals surface area contributed by atoms with Crippen molar-refractivity contribution < 1.29 is 4.74 Å². The first-order valence-corrected chi connectivity index (χ1v) is 6.74. The average Bonchev–Trinajstić information content (AvgIpc) is 3.18. The quantitative estimate of drug-likeness (QED) is 0.697. The predicted octanol–water partition coefficient (Wildman–Crippen LogP) is 2.77. The van der Waals surface area contributed by atoms with Crippen LogP contribution in [0.25, 0.3) is 0 Å². The molecule has 2 heteroatoms. The molecule has 1 aliphatic carbocycles. The zero-order chi connectivity index (χ0) is 11.9. The Morgan fingerprint density at radius 3 is 2.53 bits per heavy atom. The van der Waals surface area contributed by atoms with Crippen LogP contribution in [-0.2, 0) is 17.7 Å². The zero-order valence-corrected chi connectivity index (χ0v) is 10.7. The Balaban J connectivity index is 1.53. The summed E-state index contributed by atoms with van der Waals surface area (Å²) in [5.41, 5.74) is 2.76. The van der Waals surface area contributed by atoms with Crippen molar-refractivity contribution in [2.45, 2.75) is 32.7 Å². The van der Waals surface area contributed by atoms with E-state index >= 15 is 0 Å². The summed E-state index contributed by atoms with van der Waals surface area (Å²) in [4.78, 5) is 0. The minimum absolute atomic E-state index is 0.837. The summed E-state index contributed by atoms with van der Waals surface area (Å²) in [5, 5.41) is 3.41. The third-order valence-corrected chi connectivity index (χ3v) is 3.23. The summed E-state index contributed by atoms with van der Waals surface area (Å²) in [6, 6.07) is 8.83. The molecule has 0 heterocycles. The highest BCUT2D eigenvalue weighted by molar-refractivity contribution is 5.22. The lowest BCUT2D eigenvalue weighted by Gasteiger charge is -2.06. The van der Waals surface area contributed by atoms with Crippen molar-refractivity contribution in [3.63, 3.8) is 0 Å². The van der Waals surface area contributed by atoms with Gasteiger partial charge in [-0.25, -0.2) is 0 Å². The first-order valence-electron chi connectivity index (χ1n) is 6.74. The number of rotatable bonds is 8. The van der Waals surface area contributed by atoms with Gasteiger partial charge in [0.25, 0.3) is 0 Å². The molecule has 1 fully saturated rings. The molecule has 1 aromatic carbocycles. The maximum Gasteiger partial charge on any atom is 0.0591 e. The van der Waals surface area contributed by atoms with Gasteiger partial charge in [-0.2, -0.15) is 0 Å². The topological polar surface area (TPSA) is 21.3 Å². The van der Waals surface area contributed by atoms with Gasteiger partial charge in [0.2, 0.25) is 0 Å². The maximum absolute atomic E-state index is 5.57. The Morgan fingerprint density at radius 1 is 1.18 bits per heavy atom. The van der Waals surface area contributed by atoms with Crippen molar-refractivity contribution in [3.8, 4) is 0 Å². The van der Waals surface area contributed by atoms with Crippen LogP contribution in [0.1, 0.15) is 30.9 Å². The Kier molecular flexibility index (Phi) is 5.02. The molecule has 2 nitrogen and oxygen atoms in total. The van der Waals surface area contributed by atoms with Crippen LogP contribution in [0.4, 0.5) is 0 Å². The number of hydrogen-bond donors (Lipinski definition) is 1. The smallest absolute Gasteiger partial charge is 0.0591 e. The van der Waals surface area contributed by atoms with Crippen molar-refractivity contribution in [3.05, 3.63) is 35.4 Å². The standard InChI is InChI=1S/C15H23NO/c1-2-13-3-5-14(6-4-13)11-16-9-10-17-12-15-7-8-15/h3-6,15-16H,2,7-12H2,1H3. The van der Waals surface area contributed by atoms with Gasteiger partial charge in [-0.05, 0) is 36.3 Å². The van der Waals surface area contributed by atoms with Gasteiger partial charge < -0.3 is 10.1 Å². The molecule has 0 unspecified atom stereocenters. The molecule has 2 rings (SSSR count). The molecule has 1 aromatic rings. The number of nitrogens with one attached hydrogen (secondary N) is 1. The Labute approximate surface area is 104 Å². The van der Waals surface area contributed by atoms with E-state index in [4.69, 9.17) is 4.74 Å². The highest BCUT2D eigenvalue weighted by atomic mass is 16.5. The number of aryl methyl sites for hydroxylation is 1. The zero-order valence-electron chi connectivity index (χ0n) is 10.7. The average molecular weight is 233 g/mol. The largest absolute Gasteiger partial charge is 0.380 e. The molecule has 1 saturated carbocycles. The van der Waals surface area contributed by atoms with Crippen LogP contribution in [-0.4, -0.2) is 19.8 Å². The lowest BCUT2D eigenvalue weighted by molar-refractivity contribution is 0.126. The molecule has 17 heavy (non-hydrogen) atoms. The fraction of sp³-hybridized carbons (Fsp3) is 0.600. The number of benzene rings is 1. The van der Waals surface area contributed by atoms with E-state index in [-0.39, 0.29) is 0 Å². The molecule has 94 valence electrons. The molecule has 0 saturated heterocycles. The molecule has 0 bridgehead atoms. The molecule has 0 amide bonds. The molecule has 0 spiro atoms. The van der Waals surface area contributed by atoms with Crippen LogP contribution in [0.3, 0.4) is 0 Å². The normalized spacial score (nSPS) is 15.1. The minimum Gasteiger partial charge on any atom is -0.380 e. The SMILES string of the molecule is CCc1ccc(CNCCOCC2CC2)cc1. The molecule has 0 aromatic heterocycles. The minimum atomic E-state index is 0.837. The number of hydrogen-bond acceptors (Lipinski definition) is 2. The fourth-order valence-electron chi connectivity index (χ4n) is 1.80.